The second-order valence-corrected chi connectivity index (χ2v) is 7.08. The fourth-order valence-electron chi connectivity index (χ4n) is 3.29. The van der Waals surface area contributed by atoms with Crippen LogP contribution in [0.25, 0.3) is 0 Å². The molecule has 27 heavy (non-hydrogen) atoms. The number of hydrogen-bond donors (Lipinski definition) is 2. The van der Waals surface area contributed by atoms with E-state index in [-0.39, 0.29) is 32.2 Å². The van der Waals surface area contributed by atoms with Crippen LogP contribution in [0.4, 0.5) is 4.79 Å². The maximum atomic E-state index is 11.2. The molecule has 1 fully saturated rings. The summed E-state index contributed by atoms with van der Waals surface area (Å²) in [5.74, 6) is -0.574. The highest BCUT2D eigenvalue weighted by atomic mass is 16.5. The van der Waals surface area contributed by atoms with Crippen LogP contribution in [0.15, 0.2) is 29.4 Å². The van der Waals surface area contributed by atoms with Crippen LogP contribution in [0.2, 0.25) is 0 Å². The van der Waals surface area contributed by atoms with Crippen molar-refractivity contribution >= 4 is 6.09 Å². The third-order valence-corrected chi connectivity index (χ3v) is 4.85. The second-order valence-electron chi connectivity index (χ2n) is 7.08. The predicted octanol–water partition coefficient (Wildman–Crippen LogP) is 2.58. The number of benzene rings is 1. The summed E-state index contributed by atoms with van der Waals surface area (Å²) in [6.07, 6.45) is -0.654. The van der Waals surface area contributed by atoms with Gasteiger partial charge in [0.1, 0.15) is 0 Å². The molecule has 1 saturated heterocycles. The molecule has 1 amide bonds. The van der Waals surface area contributed by atoms with Crippen molar-refractivity contribution in [3.05, 3.63) is 40.3 Å². The lowest BCUT2D eigenvalue weighted by molar-refractivity contribution is -0.0687. The average Bonchev–Trinajstić information content (AvgIpc) is 2.63. The summed E-state index contributed by atoms with van der Waals surface area (Å²) in [6, 6.07) is 7.34. The Labute approximate surface area is 159 Å². The Morgan fingerprint density at radius 2 is 2.04 bits per heavy atom. The van der Waals surface area contributed by atoms with E-state index in [1.54, 1.807) is 12.1 Å². The molecule has 2 atom stereocenters. The highest BCUT2D eigenvalue weighted by molar-refractivity contribution is 5.65. The molecule has 2 N–H and O–H groups in total. The maximum Gasteiger partial charge on any atom is 0.407 e. The number of carboxylic acid groups (broad SMARTS) is 1. The summed E-state index contributed by atoms with van der Waals surface area (Å²) in [5.41, 5.74) is 0.345. The lowest BCUT2D eigenvalue weighted by Gasteiger charge is -2.43. The highest BCUT2D eigenvalue weighted by Crippen LogP contribution is 2.38. The first-order valence-electron chi connectivity index (χ1n) is 9.15. The van der Waals surface area contributed by atoms with E-state index in [1.807, 2.05) is 26.0 Å². The van der Waals surface area contributed by atoms with E-state index in [0.29, 0.717) is 25.4 Å². The Morgan fingerprint density at radius 1 is 1.33 bits per heavy atom. The minimum absolute atomic E-state index is 0.0816. The number of piperidine rings is 1. The van der Waals surface area contributed by atoms with Gasteiger partial charge in [-0.15, -0.1) is 0 Å². The Balaban J connectivity index is 1.99. The van der Waals surface area contributed by atoms with Gasteiger partial charge in [-0.25, -0.2) is 4.79 Å². The first-order chi connectivity index (χ1) is 12.9. The van der Waals surface area contributed by atoms with Crippen molar-refractivity contribution in [3.63, 3.8) is 0 Å². The minimum atomic E-state index is -1.27. The monoisotopic (exact) mass is 380 g/mol. The van der Waals surface area contributed by atoms with Crippen LogP contribution < -0.4 is 0 Å². The van der Waals surface area contributed by atoms with Crippen molar-refractivity contribution in [2.75, 3.05) is 32.8 Å². The van der Waals surface area contributed by atoms with Crippen LogP contribution in [-0.2, 0) is 21.7 Å². The number of amides is 1. The van der Waals surface area contributed by atoms with Crippen molar-refractivity contribution in [1.29, 1.82) is 0 Å². The summed E-state index contributed by atoms with van der Waals surface area (Å²) in [7, 11) is 0. The molecule has 1 aromatic rings. The third-order valence-electron chi connectivity index (χ3n) is 4.85. The van der Waals surface area contributed by atoms with Crippen LogP contribution in [0.1, 0.15) is 31.4 Å². The summed E-state index contributed by atoms with van der Waals surface area (Å²) in [6.45, 7) is 5.57. The normalized spacial score (nSPS) is 22.8. The van der Waals surface area contributed by atoms with Crippen molar-refractivity contribution < 1.29 is 24.5 Å². The molecular weight excluding hydrogens is 352 g/mol. The Morgan fingerprint density at radius 3 is 2.63 bits per heavy atom. The van der Waals surface area contributed by atoms with Gasteiger partial charge in [0.2, 0.25) is 0 Å². The minimum Gasteiger partial charge on any atom is -0.465 e. The smallest absolute Gasteiger partial charge is 0.407 e. The fourth-order valence-corrected chi connectivity index (χ4v) is 3.29. The lowest BCUT2D eigenvalue weighted by Crippen LogP contribution is -2.52. The number of ether oxygens (including phenoxy) is 2. The van der Waals surface area contributed by atoms with E-state index in [4.69, 9.17) is 14.6 Å². The number of aliphatic hydroxyl groups is 1. The van der Waals surface area contributed by atoms with Crippen molar-refractivity contribution in [2.24, 2.45) is 11.1 Å². The summed E-state index contributed by atoms with van der Waals surface area (Å²) in [5, 5.41) is 23.2. The van der Waals surface area contributed by atoms with Gasteiger partial charge in [0.15, 0.2) is 0 Å². The van der Waals surface area contributed by atoms with Crippen LogP contribution in [-0.4, -0.2) is 60.2 Å². The summed E-state index contributed by atoms with van der Waals surface area (Å²) < 4.78 is 11.0. The fraction of sp³-hybridized carbons (Fsp3) is 0.632. The molecule has 8 heteroatoms. The van der Waals surface area contributed by atoms with Gasteiger partial charge in [-0.2, -0.15) is 4.91 Å². The molecule has 0 spiro atoms. The topological polar surface area (TPSA) is 109 Å². The van der Waals surface area contributed by atoms with E-state index in [1.165, 1.54) is 4.90 Å². The molecule has 0 aliphatic carbocycles. The molecule has 1 aliphatic heterocycles. The van der Waals surface area contributed by atoms with Crippen LogP contribution in [0.3, 0.4) is 0 Å². The predicted molar refractivity (Wildman–Crippen MR) is 99.4 cm³/mol. The molecule has 2 rings (SSSR count). The highest BCUT2D eigenvalue weighted by Gasteiger charge is 2.44. The first-order valence-corrected chi connectivity index (χ1v) is 9.15. The first kappa shape index (κ1) is 21.3. The number of likely N-dealkylation sites (tertiary alicyclic amines) is 1. The van der Waals surface area contributed by atoms with E-state index in [2.05, 4.69) is 5.18 Å². The molecule has 1 aromatic carbocycles. The van der Waals surface area contributed by atoms with Crippen molar-refractivity contribution in [3.8, 4) is 0 Å². The number of carbonyl (C=O) groups is 1. The van der Waals surface area contributed by atoms with Crippen LogP contribution in [0.5, 0.6) is 0 Å². The largest absolute Gasteiger partial charge is 0.465 e. The molecule has 0 bridgehead atoms. The molecule has 0 radical (unpaired) electrons. The van der Waals surface area contributed by atoms with Gasteiger partial charge in [0, 0.05) is 19.0 Å². The molecule has 1 aliphatic rings. The molecule has 1 heterocycles. The van der Waals surface area contributed by atoms with Gasteiger partial charge in [-0.1, -0.05) is 29.4 Å². The maximum absolute atomic E-state index is 11.2. The van der Waals surface area contributed by atoms with Crippen LogP contribution >= 0.6 is 0 Å². The zero-order chi connectivity index (χ0) is 19.9. The van der Waals surface area contributed by atoms with Crippen molar-refractivity contribution in [1.82, 2.24) is 4.90 Å². The quantitative estimate of drug-likeness (QED) is 0.503. The summed E-state index contributed by atoms with van der Waals surface area (Å²) in [4.78, 5) is 23.2. The Kier molecular flexibility index (Phi) is 7.70. The number of nitroso groups, excluding NO2 is 1. The molecule has 0 saturated carbocycles. The average molecular weight is 380 g/mol. The van der Waals surface area contributed by atoms with Gasteiger partial charge in [-0.3, -0.25) is 0 Å². The Hall–Kier alpha value is -2.03. The van der Waals surface area contributed by atoms with Crippen LogP contribution in [0, 0.1) is 10.8 Å². The van der Waals surface area contributed by atoms with Gasteiger partial charge in [0.05, 0.1) is 38.1 Å². The van der Waals surface area contributed by atoms with E-state index in [0.717, 1.165) is 5.56 Å². The number of nitrogens with zero attached hydrogens (tertiary/aromatic N) is 2. The van der Waals surface area contributed by atoms with E-state index >= 15 is 0 Å². The number of hydrogen-bond acceptors (Lipinski definition) is 6. The zero-order valence-corrected chi connectivity index (χ0v) is 15.8. The van der Waals surface area contributed by atoms with Gasteiger partial charge >= 0.3 is 6.09 Å². The lowest BCUT2D eigenvalue weighted by atomic mass is 9.76. The molecule has 150 valence electrons. The molecule has 0 aromatic heterocycles. The zero-order valence-electron chi connectivity index (χ0n) is 15.8. The Bertz CT molecular complexity index is 621. The van der Waals surface area contributed by atoms with E-state index in [9.17, 15) is 14.8 Å². The van der Waals surface area contributed by atoms with Crippen molar-refractivity contribution in [2.45, 2.75) is 38.6 Å². The second kappa shape index (κ2) is 9.77. The third kappa shape index (κ3) is 5.72. The number of rotatable bonds is 9. The van der Waals surface area contributed by atoms with Gasteiger partial charge < -0.3 is 24.6 Å². The van der Waals surface area contributed by atoms with E-state index < -0.39 is 17.6 Å². The summed E-state index contributed by atoms with van der Waals surface area (Å²) >= 11 is 0. The van der Waals surface area contributed by atoms with Gasteiger partial charge in [-0.05, 0) is 31.4 Å². The standard InChI is InChI=1S/C19H28N2O6/c1-14(2)27-10-9-26-13-15-3-5-16(6-4-15)19(24)7-8-21(18(22)23)12-17(19)11-20-25/h3-6,14,17,24H,7-13H2,1-2H3,(H,22,23). The SMILES string of the molecule is CC(C)OCCOCc1ccc(C2(O)CCN(C(=O)O)CC2CN=O)cc1. The molecule has 2 unspecified atom stereocenters. The van der Waals surface area contributed by atoms with Gasteiger partial charge in [0.25, 0.3) is 0 Å². The molecular formula is C19H28N2O6. The molecule has 8 nitrogen and oxygen atoms in total.